The molecule has 0 N–H and O–H groups in total. The van der Waals surface area contributed by atoms with Crippen molar-refractivity contribution in [2.75, 3.05) is 26.4 Å². The highest BCUT2D eigenvalue weighted by atomic mass is 16.5. The normalized spacial score (nSPS) is 51.2. The first-order chi connectivity index (χ1) is 5.83. The largest absolute Gasteiger partial charge is 0.381 e. The van der Waals surface area contributed by atoms with E-state index in [0.717, 1.165) is 32.3 Å². The highest BCUT2D eigenvalue weighted by Crippen LogP contribution is 2.63. The molecule has 0 aromatic rings. The Bertz CT molecular complexity index is 236. The van der Waals surface area contributed by atoms with E-state index in [0.29, 0.717) is 11.3 Å². The van der Waals surface area contributed by atoms with Gasteiger partial charge in [0.05, 0.1) is 26.4 Å². The third-order valence-corrected chi connectivity index (χ3v) is 3.73. The van der Waals surface area contributed by atoms with Crippen LogP contribution in [0.2, 0.25) is 0 Å². The third kappa shape index (κ3) is 0.723. The van der Waals surface area contributed by atoms with Crippen LogP contribution in [0.1, 0.15) is 6.42 Å². The van der Waals surface area contributed by atoms with Gasteiger partial charge in [-0.25, -0.2) is 0 Å². The standard InChI is InChI=1S/C10H14O2/c1-7-3-11-5-9(7)10-2-8(10)4-12-6-10/h8-9H,1-6H2. The maximum absolute atomic E-state index is 5.47. The van der Waals surface area contributed by atoms with Crippen molar-refractivity contribution in [2.24, 2.45) is 17.3 Å². The summed E-state index contributed by atoms with van der Waals surface area (Å²) in [6.07, 6.45) is 1.35. The van der Waals surface area contributed by atoms with Gasteiger partial charge in [0.2, 0.25) is 0 Å². The Morgan fingerprint density at radius 2 is 2.25 bits per heavy atom. The smallest absolute Gasteiger partial charge is 0.0678 e. The fourth-order valence-corrected chi connectivity index (χ4v) is 2.82. The van der Waals surface area contributed by atoms with Gasteiger partial charge in [0.1, 0.15) is 0 Å². The van der Waals surface area contributed by atoms with Crippen LogP contribution in [0.5, 0.6) is 0 Å². The molecule has 0 bridgehead atoms. The van der Waals surface area contributed by atoms with Crippen molar-refractivity contribution in [3.63, 3.8) is 0 Å². The summed E-state index contributed by atoms with van der Waals surface area (Å²) < 4.78 is 10.9. The summed E-state index contributed by atoms with van der Waals surface area (Å²) in [7, 11) is 0. The molecule has 12 heavy (non-hydrogen) atoms. The van der Waals surface area contributed by atoms with Gasteiger partial charge in [-0.1, -0.05) is 6.58 Å². The van der Waals surface area contributed by atoms with Gasteiger partial charge in [0.15, 0.2) is 0 Å². The van der Waals surface area contributed by atoms with E-state index < -0.39 is 0 Å². The second-order valence-corrected chi connectivity index (χ2v) is 4.38. The van der Waals surface area contributed by atoms with Crippen LogP contribution in [0.3, 0.4) is 0 Å². The molecular formula is C10H14O2. The number of hydrogen-bond acceptors (Lipinski definition) is 2. The van der Waals surface area contributed by atoms with Gasteiger partial charge in [-0.05, 0) is 17.9 Å². The molecule has 3 unspecified atom stereocenters. The molecular weight excluding hydrogens is 152 g/mol. The molecule has 0 amide bonds. The molecule has 3 fully saturated rings. The molecule has 3 rings (SSSR count). The van der Waals surface area contributed by atoms with E-state index in [1.165, 1.54) is 12.0 Å². The monoisotopic (exact) mass is 166 g/mol. The molecule has 2 nitrogen and oxygen atoms in total. The van der Waals surface area contributed by atoms with Gasteiger partial charge in [-0.15, -0.1) is 0 Å². The minimum Gasteiger partial charge on any atom is -0.381 e. The fourth-order valence-electron chi connectivity index (χ4n) is 2.82. The number of rotatable bonds is 1. The van der Waals surface area contributed by atoms with Gasteiger partial charge in [-0.3, -0.25) is 0 Å². The summed E-state index contributed by atoms with van der Waals surface area (Å²) >= 11 is 0. The average molecular weight is 166 g/mol. The second-order valence-electron chi connectivity index (χ2n) is 4.38. The zero-order valence-electron chi connectivity index (χ0n) is 7.21. The molecule has 66 valence electrons. The van der Waals surface area contributed by atoms with Crippen LogP contribution in [0, 0.1) is 17.3 Å². The lowest BCUT2D eigenvalue weighted by Gasteiger charge is -2.18. The molecule has 0 aromatic carbocycles. The van der Waals surface area contributed by atoms with E-state index in [-0.39, 0.29) is 0 Å². The minimum absolute atomic E-state index is 0.466. The first-order valence-electron chi connectivity index (χ1n) is 4.66. The Morgan fingerprint density at radius 1 is 1.33 bits per heavy atom. The van der Waals surface area contributed by atoms with E-state index >= 15 is 0 Å². The van der Waals surface area contributed by atoms with Crippen molar-refractivity contribution in [3.05, 3.63) is 12.2 Å². The van der Waals surface area contributed by atoms with Gasteiger partial charge >= 0.3 is 0 Å². The van der Waals surface area contributed by atoms with E-state index in [1.807, 2.05) is 0 Å². The van der Waals surface area contributed by atoms with Gasteiger partial charge < -0.3 is 9.47 Å². The average Bonchev–Trinajstić information content (AvgIpc) is 2.49. The van der Waals surface area contributed by atoms with Crippen molar-refractivity contribution in [1.29, 1.82) is 0 Å². The second kappa shape index (κ2) is 2.12. The predicted octanol–water partition coefficient (Wildman–Crippen LogP) is 1.23. The zero-order valence-corrected chi connectivity index (χ0v) is 7.21. The Labute approximate surface area is 72.5 Å². The Hall–Kier alpha value is -0.340. The molecule has 0 spiro atoms. The molecule has 3 atom stereocenters. The minimum atomic E-state index is 0.466. The van der Waals surface area contributed by atoms with Gasteiger partial charge in [0, 0.05) is 11.3 Å². The topological polar surface area (TPSA) is 18.5 Å². The van der Waals surface area contributed by atoms with Crippen LogP contribution in [-0.4, -0.2) is 26.4 Å². The summed E-state index contributed by atoms with van der Waals surface area (Å²) in [5.74, 6) is 1.42. The highest BCUT2D eigenvalue weighted by Gasteiger charge is 2.63. The Morgan fingerprint density at radius 3 is 2.75 bits per heavy atom. The Balaban J connectivity index is 1.84. The SMILES string of the molecule is C=C1COCC1C12COCC1C2. The lowest BCUT2D eigenvalue weighted by atomic mass is 9.85. The van der Waals surface area contributed by atoms with Gasteiger partial charge in [0.25, 0.3) is 0 Å². The summed E-state index contributed by atoms with van der Waals surface area (Å²) in [6, 6.07) is 0. The highest BCUT2D eigenvalue weighted by molar-refractivity contribution is 5.21. The summed E-state index contributed by atoms with van der Waals surface area (Å²) in [4.78, 5) is 0. The van der Waals surface area contributed by atoms with E-state index in [2.05, 4.69) is 6.58 Å². The quantitative estimate of drug-likeness (QED) is 0.545. The molecule has 2 heteroatoms. The van der Waals surface area contributed by atoms with Crippen molar-refractivity contribution in [3.8, 4) is 0 Å². The van der Waals surface area contributed by atoms with Crippen LogP contribution in [0.4, 0.5) is 0 Å². The fraction of sp³-hybridized carbons (Fsp3) is 0.800. The molecule has 2 aliphatic heterocycles. The summed E-state index contributed by atoms with van der Waals surface area (Å²) in [5, 5.41) is 0. The van der Waals surface area contributed by atoms with Crippen LogP contribution in [-0.2, 0) is 9.47 Å². The molecule has 0 radical (unpaired) electrons. The van der Waals surface area contributed by atoms with E-state index in [4.69, 9.17) is 9.47 Å². The van der Waals surface area contributed by atoms with Crippen LogP contribution >= 0.6 is 0 Å². The van der Waals surface area contributed by atoms with E-state index in [9.17, 15) is 0 Å². The Kier molecular flexibility index (Phi) is 1.25. The maximum atomic E-state index is 5.47. The molecule has 2 saturated heterocycles. The molecule has 1 aliphatic carbocycles. The maximum Gasteiger partial charge on any atom is 0.0678 e. The number of ether oxygens (including phenoxy) is 2. The van der Waals surface area contributed by atoms with Crippen molar-refractivity contribution in [1.82, 2.24) is 0 Å². The number of hydrogen-bond donors (Lipinski definition) is 0. The molecule has 3 aliphatic rings. The zero-order chi connectivity index (χ0) is 8.18. The lowest BCUT2D eigenvalue weighted by Crippen LogP contribution is -2.20. The first-order valence-corrected chi connectivity index (χ1v) is 4.66. The molecule has 1 saturated carbocycles. The van der Waals surface area contributed by atoms with E-state index in [1.54, 1.807) is 0 Å². The lowest BCUT2D eigenvalue weighted by molar-refractivity contribution is 0.116. The van der Waals surface area contributed by atoms with Crippen LogP contribution in [0.25, 0.3) is 0 Å². The first kappa shape index (κ1) is 7.10. The third-order valence-electron chi connectivity index (χ3n) is 3.73. The number of fused-ring (bicyclic) bond motifs is 1. The van der Waals surface area contributed by atoms with Crippen molar-refractivity contribution >= 4 is 0 Å². The molecule has 2 heterocycles. The van der Waals surface area contributed by atoms with Crippen LogP contribution in [0.15, 0.2) is 12.2 Å². The van der Waals surface area contributed by atoms with Crippen LogP contribution < -0.4 is 0 Å². The van der Waals surface area contributed by atoms with Gasteiger partial charge in [-0.2, -0.15) is 0 Å². The molecule has 0 aromatic heterocycles. The summed E-state index contributed by atoms with van der Waals surface area (Å²) in [5.41, 5.74) is 1.76. The van der Waals surface area contributed by atoms with Crippen molar-refractivity contribution in [2.45, 2.75) is 6.42 Å². The van der Waals surface area contributed by atoms with Crippen molar-refractivity contribution < 1.29 is 9.47 Å². The summed E-state index contributed by atoms with van der Waals surface area (Å²) in [6.45, 7) is 7.66. The predicted molar refractivity (Wildman–Crippen MR) is 44.8 cm³/mol.